The Hall–Kier alpha value is -3.53. The smallest absolute Gasteiger partial charge is 0.0982 e. The second-order valence-electron chi connectivity index (χ2n) is 7.45. The van der Waals surface area contributed by atoms with E-state index < -0.39 is 13.3 Å². The molecule has 0 atom stereocenters. The van der Waals surface area contributed by atoms with Gasteiger partial charge in [-0.2, -0.15) is 0 Å². The maximum Gasteiger partial charge on any atom is 0.0982 e. The van der Waals surface area contributed by atoms with Gasteiger partial charge in [-0.05, 0) is 28.6 Å². The first-order valence-electron chi connectivity index (χ1n) is 10.8. The number of pyridine rings is 2. The van der Waals surface area contributed by atoms with Crippen LogP contribution in [0.15, 0.2) is 109 Å². The van der Waals surface area contributed by atoms with E-state index in [1.54, 1.807) is 18.3 Å². The van der Waals surface area contributed by atoms with Crippen molar-refractivity contribution in [1.29, 1.82) is 0 Å². The molecular formula is C30H22F2IrN2-2. The number of halogens is 2. The molecule has 177 valence electrons. The van der Waals surface area contributed by atoms with Crippen LogP contribution < -0.4 is 0 Å². The third-order valence-electron chi connectivity index (χ3n) is 5.22. The average Bonchev–Trinajstić information content (AvgIpc) is 2.94. The van der Waals surface area contributed by atoms with Gasteiger partial charge in [0.1, 0.15) is 0 Å². The van der Waals surface area contributed by atoms with Crippen LogP contribution in [0.3, 0.4) is 0 Å². The molecule has 0 fully saturated rings. The molecule has 0 unspecified atom stereocenters. The van der Waals surface area contributed by atoms with Gasteiger partial charge in [-0.3, -0.25) is 4.39 Å². The number of aromatic nitrogens is 2. The predicted molar refractivity (Wildman–Crippen MR) is 132 cm³/mol. The number of rotatable bonds is 5. The molecule has 2 heterocycles. The van der Waals surface area contributed by atoms with Gasteiger partial charge in [-0.25, -0.2) is 4.39 Å². The van der Waals surface area contributed by atoms with Crippen molar-refractivity contribution >= 4 is 0 Å². The fraction of sp³-hybridized carbons (Fsp3) is 0.0667. The van der Waals surface area contributed by atoms with E-state index in [4.69, 9.17) is 0 Å². The normalized spacial score (nSPS) is 10.0. The van der Waals surface area contributed by atoms with Crippen molar-refractivity contribution in [1.82, 2.24) is 9.97 Å². The zero-order valence-electron chi connectivity index (χ0n) is 18.8. The van der Waals surface area contributed by atoms with E-state index in [0.717, 1.165) is 16.8 Å². The zero-order chi connectivity index (χ0) is 23.6. The minimum atomic E-state index is -0.673. The van der Waals surface area contributed by atoms with E-state index in [-0.39, 0.29) is 20.1 Å². The molecule has 0 aliphatic rings. The van der Waals surface area contributed by atoms with Gasteiger partial charge >= 0.3 is 0 Å². The summed E-state index contributed by atoms with van der Waals surface area (Å²) in [4.78, 5) is 8.63. The molecule has 0 saturated carbocycles. The number of benzene rings is 3. The van der Waals surface area contributed by atoms with Crippen LogP contribution in [0.1, 0.15) is 11.1 Å². The van der Waals surface area contributed by atoms with E-state index in [1.165, 1.54) is 11.6 Å². The van der Waals surface area contributed by atoms with Crippen molar-refractivity contribution in [3.05, 3.63) is 133 Å². The standard InChI is InChI=1S/C17H12N.C13H10F2N.Ir/c1-3-7-14(8-4-1)16-11-12-17(18-13-16)15-9-5-2-6-10-15;14-8-11-5-4-10(7-12(11)9-15)13-3-1-2-6-16-13;/h1-9,11-13H;1-3,5-7H,8-9H2;/q2*-1;. The largest absolute Gasteiger partial charge is 0.305 e. The third kappa shape index (κ3) is 6.98. The Balaban J connectivity index is 0.000000192. The summed E-state index contributed by atoms with van der Waals surface area (Å²) < 4.78 is 25.2. The van der Waals surface area contributed by atoms with Crippen molar-refractivity contribution in [3.63, 3.8) is 0 Å². The van der Waals surface area contributed by atoms with Gasteiger partial charge in [0.15, 0.2) is 0 Å². The molecule has 5 rings (SSSR count). The summed E-state index contributed by atoms with van der Waals surface area (Å²) >= 11 is 0. The summed E-state index contributed by atoms with van der Waals surface area (Å²) in [5.41, 5.74) is 6.41. The molecule has 0 saturated heterocycles. The van der Waals surface area contributed by atoms with Gasteiger partial charge in [-0.15, -0.1) is 59.7 Å². The minimum Gasteiger partial charge on any atom is -0.305 e. The number of nitrogens with zero attached hydrogens (tertiary/aromatic N) is 2. The molecule has 1 radical (unpaired) electrons. The Bertz CT molecular complexity index is 1240. The van der Waals surface area contributed by atoms with E-state index in [0.29, 0.717) is 22.4 Å². The Morgan fingerprint density at radius 1 is 0.629 bits per heavy atom. The molecule has 0 amide bonds. The summed E-state index contributed by atoms with van der Waals surface area (Å²) in [6.07, 6.45) is 3.56. The maximum atomic E-state index is 12.7. The first-order chi connectivity index (χ1) is 16.8. The minimum absolute atomic E-state index is 0. The van der Waals surface area contributed by atoms with Gasteiger partial charge in [0.25, 0.3) is 0 Å². The van der Waals surface area contributed by atoms with Gasteiger partial charge in [0, 0.05) is 32.5 Å². The van der Waals surface area contributed by atoms with E-state index in [1.807, 2.05) is 66.9 Å². The van der Waals surface area contributed by atoms with Gasteiger partial charge in [0.05, 0.1) is 13.3 Å². The number of hydrogen-bond donors (Lipinski definition) is 0. The molecule has 0 aliphatic carbocycles. The molecule has 5 aromatic rings. The molecule has 2 nitrogen and oxygen atoms in total. The fourth-order valence-corrected chi connectivity index (χ4v) is 3.39. The molecular weight excluding hydrogens is 619 g/mol. The van der Waals surface area contributed by atoms with Crippen LogP contribution in [-0.4, -0.2) is 9.97 Å². The quantitative estimate of drug-likeness (QED) is 0.184. The topological polar surface area (TPSA) is 25.8 Å². The van der Waals surface area contributed by atoms with Gasteiger partial charge in [0.2, 0.25) is 0 Å². The van der Waals surface area contributed by atoms with Crippen LogP contribution in [-0.2, 0) is 33.5 Å². The van der Waals surface area contributed by atoms with Gasteiger partial charge in [-0.1, -0.05) is 65.7 Å². The van der Waals surface area contributed by atoms with Crippen LogP contribution in [0.4, 0.5) is 8.78 Å². The fourth-order valence-electron chi connectivity index (χ4n) is 3.39. The summed E-state index contributed by atoms with van der Waals surface area (Å²) in [7, 11) is 0. The SMILES string of the molecule is FCc1c[c-]c(-c2ccccn2)cc1CF.[Ir].[c-]1ccccc1-c1ccc(-c2ccccc2)cn1. The molecule has 0 N–H and O–H groups in total. The second-order valence-corrected chi connectivity index (χ2v) is 7.45. The Morgan fingerprint density at radius 2 is 1.37 bits per heavy atom. The molecule has 5 heteroatoms. The van der Waals surface area contributed by atoms with Crippen LogP contribution in [0.5, 0.6) is 0 Å². The first kappa shape index (κ1) is 26.1. The zero-order valence-corrected chi connectivity index (χ0v) is 21.2. The van der Waals surface area contributed by atoms with Crippen LogP contribution >= 0.6 is 0 Å². The van der Waals surface area contributed by atoms with Crippen LogP contribution in [0.2, 0.25) is 0 Å². The molecule has 35 heavy (non-hydrogen) atoms. The van der Waals surface area contributed by atoms with E-state index >= 15 is 0 Å². The molecule has 0 bridgehead atoms. The Kier molecular flexibility index (Phi) is 9.97. The van der Waals surface area contributed by atoms with Crippen molar-refractivity contribution < 1.29 is 28.9 Å². The third-order valence-corrected chi connectivity index (χ3v) is 5.22. The van der Waals surface area contributed by atoms with Crippen molar-refractivity contribution in [2.75, 3.05) is 0 Å². The van der Waals surface area contributed by atoms with Crippen molar-refractivity contribution in [2.45, 2.75) is 13.3 Å². The average molecular weight is 641 g/mol. The summed E-state index contributed by atoms with van der Waals surface area (Å²) in [6, 6.07) is 36.9. The van der Waals surface area contributed by atoms with Crippen molar-refractivity contribution in [3.8, 4) is 33.6 Å². The Morgan fingerprint density at radius 3 is 2.00 bits per heavy atom. The molecule has 0 spiro atoms. The van der Waals surface area contributed by atoms with Crippen LogP contribution in [0, 0.1) is 12.1 Å². The predicted octanol–water partition coefficient (Wildman–Crippen LogP) is 7.70. The van der Waals surface area contributed by atoms with E-state index in [2.05, 4.69) is 40.3 Å². The second kappa shape index (κ2) is 13.4. The summed E-state index contributed by atoms with van der Waals surface area (Å²) in [6.45, 7) is -1.34. The summed E-state index contributed by atoms with van der Waals surface area (Å²) in [5, 5.41) is 0. The first-order valence-corrected chi connectivity index (χ1v) is 10.8. The Labute approximate surface area is 218 Å². The molecule has 2 aromatic heterocycles. The number of alkyl halides is 2. The maximum absolute atomic E-state index is 12.7. The van der Waals surface area contributed by atoms with E-state index in [9.17, 15) is 8.78 Å². The van der Waals surface area contributed by atoms with Gasteiger partial charge < -0.3 is 9.97 Å². The van der Waals surface area contributed by atoms with Crippen molar-refractivity contribution in [2.24, 2.45) is 0 Å². The van der Waals surface area contributed by atoms with Crippen LogP contribution in [0.25, 0.3) is 33.6 Å². The monoisotopic (exact) mass is 641 g/mol. The summed E-state index contributed by atoms with van der Waals surface area (Å²) in [5.74, 6) is 0. The molecule has 0 aliphatic heterocycles. The number of hydrogen-bond acceptors (Lipinski definition) is 2. The molecule has 3 aromatic carbocycles.